The number of alkyl halides is 2. The third-order valence-electron chi connectivity index (χ3n) is 4.80. The third-order valence-corrected chi connectivity index (χ3v) is 4.80. The van der Waals surface area contributed by atoms with Gasteiger partial charge in [-0.15, -0.1) is 0 Å². The zero-order valence-corrected chi connectivity index (χ0v) is 13.4. The zero-order valence-electron chi connectivity index (χ0n) is 13.4. The molecular weight excluding hydrogens is 321 g/mol. The number of aliphatic hydroxyl groups is 1. The fourth-order valence-electron chi connectivity index (χ4n) is 3.42. The first-order valence-electron chi connectivity index (χ1n) is 8.14. The highest BCUT2D eigenvalue weighted by atomic mass is 19.3. The Balaban J connectivity index is 1.59. The lowest BCUT2D eigenvalue weighted by molar-refractivity contribution is -0.0720. The number of hydrogen-bond donors (Lipinski definition) is 1. The average Bonchev–Trinajstić information content (AvgIpc) is 2.91. The maximum Gasteiger partial charge on any atom is 0.254 e. The van der Waals surface area contributed by atoms with E-state index in [4.69, 9.17) is 0 Å². The smallest absolute Gasteiger partial charge is 0.254 e. The van der Waals surface area contributed by atoms with Crippen LogP contribution in [0.1, 0.15) is 29.6 Å². The highest BCUT2D eigenvalue weighted by molar-refractivity contribution is 5.94. The van der Waals surface area contributed by atoms with Crippen LogP contribution in [0.15, 0.2) is 24.3 Å². The highest BCUT2D eigenvalue weighted by Gasteiger charge is 2.42. The summed E-state index contributed by atoms with van der Waals surface area (Å²) >= 11 is 0. The first-order valence-corrected chi connectivity index (χ1v) is 8.14. The molecule has 1 atom stereocenters. The Morgan fingerprint density at radius 2 is 1.88 bits per heavy atom. The van der Waals surface area contributed by atoms with Crippen molar-refractivity contribution < 1.29 is 23.1 Å². The van der Waals surface area contributed by atoms with Crippen molar-refractivity contribution >= 4 is 5.91 Å². The number of piperidine rings is 1. The van der Waals surface area contributed by atoms with Crippen LogP contribution in [-0.2, 0) is 0 Å². The van der Waals surface area contributed by atoms with Gasteiger partial charge >= 0.3 is 0 Å². The van der Waals surface area contributed by atoms with Crippen molar-refractivity contribution in [1.82, 2.24) is 9.80 Å². The molecule has 24 heavy (non-hydrogen) atoms. The van der Waals surface area contributed by atoms with Crippen LogP contribution in [0, 0.1) is 5.82 Å². The van der Waals surface area contributed by atoms with Crippen molar-refractivity contribution in [3.05, 3.63) is 35.6 Å². The number of hydrogen-bond acceptors (Lipinski definition) is 3. The molecule has 0 aliphatic carbocycles. The minimum absolute atomic E-state index is 0.134. The minimum atomic E-state index is -2.62. The maximum atomic E-state index is 13.3. The van der Waals surface area contributed by atoms with E-state index in [2.05, 4.69) is 0 Å². The Kier molecular flexibility index (Phi) is 4.57. The summed E-state index contributed by atoms with van der Waals surface area (Å²) in [5.41, 5.74) is -0.854. The van der Waals surface area contributed by atoms with Crippen LogP contribution in [0.3, 0.4) is 0 Å². The molecule has 3 rings (SSSR count). The molecule has 0 radical (unpaired) electrons. The average molecular weight is 342 g/mol. The SMILES string of the molecule is O=C(c1cccc(F)c1)N1CC[C@@](O)(CN2CCC(F)(F)CC2)C1. The topological polar surface area (TPSA) is 43.8 Å². The molecule has 0 unspecified atom stereocenters. The zero-order chi connectivity index (χ0) is 17.4. The molecule has 2 saturated heterocycles. The normalized spacial score (nSPS) is 27.4. The predicted octanol–water partition coefficient (Wildman–Crippen LogP) is 2.13. The van der Waals surface area contributed by atoms with Gasteiger partial charge in [0.25, 0.3) is 11.8 Å². The predicted molar refractivity (Wildman–Crippen MR) is 82.5 cm³/mol. The van der Waals surface area contributed by atoms with Crippen molar-refractivity contribution in [1.29, 1.82) is 0 Å². The molecule has 2 aliphatic heterocycles. The van der Waals surface area contributed by atoms with Crippen molar-refractivity contribution in [2.75, 3.05) is 32.7 Å². The Morgan fingerprint density at radius 1 is 1.17 bits per heavy atom. The fourth-order valence-corrected chi connectivity index (χ4v) is 3.42. The van der Waals surface area contributed by atoms with E-state index < -0.39 is 17.3 Å². The number of benzene rings is 1. The Morgan fingerprint density at radius 3 is 2.54 bits per heavy atom. The summed E-state index contributed by atoms with van der Waals surface area (Å²) in [6.45, 7) is 1.27. The summed E-state index contributed by atoms with van der Waals surface area (Å²) in [5.74, 6) is -3.42. The number of β-amino-alcohol motifs (C(OH)–C–C–N with tert-alkyl or cyclic N) is 1. The van der Waals surface area contributed by atoms with Gasteiger partial charge in [0.05, 0.1) is 12.1 Å². The van der Waals surface area contributed by atoms with Crippen LogP contribution in [0.5, 0.6) is 0 Å². The van der Waals surface area contributed by atoms with Gasteiger partial charge in [-0.2, -0.15) is 0 Å². The van der Waals surface area contributed by atoms with Crippen molar-refractivity contribution in [3.8, 4) is 0 Å². The maximum absolute atomic E-state index is 13.3. The third kappa shape index (κ3) is 3.89. The summed E-state index contributed by atoms with van der Waals surface area (Å²) < 4.78 is 39.7. The molecule has 7 heteroatoms. The monoisotopic (exact) mass is 342 g/mol. The second kappa shape index (κ2) is 6.37. The lowest BCUT2D eigenvalue weighted by Gasteiger charge is -2.36. The van der Waals surface area contributed by atoms with Gasteiger partial charge in [0.1, 0.15) is 5.82 Å². The Bertz CT molecular complexity index is 616. The van der Waals surface area contributed by atoms with Crippen LogP contribution in [0.4, 0.5) is 13.2 Å². The molecule has 1 amide bonds. The largest absolute Gasteiger partial charge is 0.387 e. The van der Waals surface area contributed by atoms with Gasteiger partial charge in [0, 0.05) is 44.6 Å². The number of amides is 1. The minimum Gasteiger partial charge on any atom is -0.387 e. The molecule has 0 saturated carbocycles. The number of likely N-dealkylation sites (tertiary alicyclic amines) is 2. The van der Waals surface area contributed by atoms with E-state index in [1.54, 1.807) is 0 Å². The highest BCUT2D eigenvalue weighted by Crippen LogP contribution is 2.30. The molecule has 4 nitrogen and oxygen atoms in total. The molecule has 1 aromatic carbocycles. The van der Waals surface area contributed by atoms with Crippen LogP contribution in [-0.4, -0.2) is 65.1 Å². The molecule has 132 valence electrons. The molecule has 0 spiro atoms. The lowest BCUT2D eigenvalue weighted by atomic mass is 10.00. The molecule has 2 fully saturated rings. The molecular formula is C17H21F3N2O2. The van der Waals surface area contributed by atoms with Crippen molar-refractivity contribution in [2.24, 2.45) is 0 Å². The quantitative estimate of drug-likeness (QED) is 0.915. The Hall–Kier alpha value is -1.60. The number of nitrogens with zero attached hydrogens (tertiary/aromatic N) is 2. The van der Waals surface area contributed by atoms with E-state index in [-0.39, 0.29) is 50.5 Å². The van der Waals surface area contributed by atoms with Gasteiger partial charge < -0.3 is 10.0 Å². The van der Waals surface area contributed by atoms with E-state index in [1.165, 1.54) is 29.2 Å². The fraction of sp³-hybridized carbons (Fsp3) is 0.588. The number of carbonyl (C=O) groups excluding carboxylic acids is 1. The number of halogens is 3. The van der Waals surface area contributed by atoms with Gasteiger partial charge in [-0.05, 0) is 24.6 Å². The van der Waals surface area contributed by atoms with Crippen LogP contribution < -0.4 is 0 Å². The summed E-state index contributed by atoms with van der Waals surface area (Å²) in [5, 5.41) is 10.7. The number of carbonyl (C=O) groups is 1. The Labute approximate surface area is 138 Å². The first kappa shape index (κ1) is 17.2. The van der Waals surface area contributed by atoms with E-state index in [9.17, 15) is 23.1 Å². The lowest BCUT2D eigenvalue weighted by Crippen LogP contribution is -2.49. The van der Waals surface area contributed by atoms with Crippen LogP contribution in [0.25, 0.3) is 0 Å². The summed E-state index contributed by atoms with van der Waals surface area (Å²) in [4.78, 5) is 15.7. The molecule has 1 N–H and O–H groups in total. The molecule has 1 aromatic rings. The summed E-state index contributed by atoms with van der Waals surface area (Å²) in [6.07, 6.45) is -0.00895. The van der Waals surface area contributed by atoms with Crippen molar-refractivity contribution in [3.63, 3.8) is 0 Å². The second-order valence-corrected chi connectivity index (χ2v) is 6.84. The van der Waals surface area contributed by atoms with Gasteiger partial charge in [0.2, 0.25) is 0 Å². The molecule has 0 bridgehead atoms. The second-order valence-electron chi connectivity index (χ2n) is 6.84. The summed E-state index contributed by atoms with van der Waals surface area (Å²) in [7, 11) is 0. The van der Waals surface area contributed by atoms with Gasteiger partial charge in [-0.25, -0.2) is 13.2 Å². The van der Waals surface area contributed by atoms with Crippen molar-refractivity contribution in [2.45, 2.75) is 30.8 Å². The molecule has 2 aliphatic rings. The van der Waals surface area contributed by atoms with E-state index in [0.29, 0.717) is 13.0 Å². The van der Waals surface area contributed by atoms with Gasteiger partial charge in [-0.3, -0.25) is 9.69 Å². The number of rotatable bonds is 3. The van der Waals surface area contributed by atoms with Gasteiger partial charge in [-0.1, -0.05) is 6.07 Å². The van der Waals surface area contributed by atoms with E-state index >= 15 is 0 Å². The standard InChI is InChI=1S/C17H21F3N2O2/c18-14-3-1-2-13(10-14)15(23)22-9-4-16(24,12-22)11-21-7-5-17(19,20)6-8-21/h1-3,10,24H,4-9,11-12H2/t16-/m1/s1. The van der Waals surface area contributed by atoms with E-state index in [0.717, 1.165) is 0 Å². The van der Waals surface area contributed by atoms with Crippen LogP contribution in [0.2, 0.25) is 0 Å². The molecule has 0 aromatic heterocycles. The van der Waals surface area contributed by atoms with Gasteiger partial charge in [0.15, 0.2) is 0 Å². The molecule has 2 heterocycles. The van der Waals surface area contributed by atoms with Crippen LogP contribution >= 0.6 is 0 Å². The first-order chi connectivity index (χ1) is 11.3. The summed E-state index contributed by atoms with van der Waals surface area (Å²) in [6, 6.07) is 5.45. The van der Waals surface area contributed by atoms with E-state index in [1.807, 2.05) is 4.90 Å².